The fourth-order valence-corrected chi connectivity index (χ4v) is 4.60. The van der Waals surface area contributed by atoms with Crippen molar-refractivity contribution in [2.45, 2.75) is 32.6 Å². The van der Waals surface area contributed by atoms with Crippen LogP contribution in [-0.2, 0) is 19.6 Å². The molecule has 1 N–H and O–H groups in total. The van der Waals surface area contributed by atoms with E-state index in [9.17, 15) is 18.0 Å². The Labute approximate surface area is 154 Å². The Morgan fingerprint density at radius 2 is 1.81 bits per heavy atom. The van der Waals surface area contributed by atoms with Crippen molar-refractivity contribution < 1.29 is 18.0 Å². The highest BCUT2D eigenvalue weighted by molar-refractivity contribution is 7.89. The second kappa shape index (κ2) is 7.75. The molecular formula is C18H25N3O4S. The zero-order valence-corrected chi connectivity index (χ0v) is 15.8. The van der Waals surface area contributed by atoms with E-state index in [4.69, 9.17) is 0 Å². The number of anilines is 2. The van der Waals surface area contributed by atoms with E-state index in [0.29, 0.717) is 38.0 Å². The third kappa shape index (κ3) is 4.07. The highest BCUT2D eigenvalue weighted by Gasteiger charge is 2.30. The van der Waals surface area contributed by atoms with Crippen molar-refractivity contribution in [2.24, 2.45) is 5.92 Å². The summed E-state index contributed by atoms with van der Waals surface area (Å²) in [5.41, 5.74) is 1.54. The van der Waals surface area contributed by atoms with Crippen molar-refractivity contribution in [1.82, 2.24) is 4.31 Å². The largest absolute Gasteiger partial charge is 0.326 e. The van der Waals surface area contributed by atoms with E-state index in [1.807, 2.05) is 12.1 Å². The van der Waals surface area contributed by atoms with Crippen molar-refractivity contribution in [2.75, 3.05) is 35.6 Å². The summed E-state index contributed by atoms with van der Waals surface area (Å²) >= 11 is 0. The molecule has 0 bridgehead atoms. The van der Waals surface area contributed by atoms with E-state index in [1.54, 1.807) is 24.0 Å². The number of benzene rings is 1. The summed E-state index contributed by atoms with van der Waals surface area (Å²) in [5, 5.41) is 2.90. The van der Waals surface area contributed by atoms with Gasteiger partial charge in [-0.3, -0.25) is 9.59 Å². The van der Waals surface area contributed by atoms with Gasteiger partial charge in [-0.2, -0.15) is 0 Å². The maximum Gasteiger partial charge on any atom is 0.227 e. The van der Waals surface area contributed by atoms with Gasteiger partial charge in [0.2, 0.25) is 21.8 Å². The second-order valence-corrected chi connectivity index (χ2v) is 9.02. The molecule has 0 aliphatic carbocycles. The molecule has 0 atom stereocenters. The number of hydrogen-bond acceptors (Lipinski definition) is 4. The van der Waals surface area contributed by atoms with Crippen molar-refractivity contribution in [3.05, 3.63) is 24.3 Å². The van der Waals surface area contributed by atoms with Crippen LogP contribution in [0.5, 0.6) is 0 Å². The molecule has 26 heavy (non-hydrogen) atoms. The Hall–Kier alpha value is -1.93. The topological polar surface area (TPSA) is 86.8 Å². The number of nitrogens with zero attached hydrogens (tertiary/aromatic N) is 2. The fourth-order valence-electron chi connectivity index (χ4n) is 3.47. The van der Waals surface area contributed by atoms with Gasteiger partial charge in [-0.15, -0.1) is 0 Å². The van der Waals surface area contributed by atoms with Gasteiger partial charge < -0.3 is 10.2 Å². The van der Waals surface area contributed by atoms with Crippen molar-refractivity contribution in [1.29, 1.82) is 0 Å². The van der Waals surface area contributed by atoms with E-state index >= 15 is 0 Å². The Morgan fingerprint density at radius 3 is 2.35 bits per heavy atom. The van der Waals surface area contributed by atoms with Gasteiger partial charge in [0, 0.05) is 43.3 Å². The van der Waals surface area contributed by atoms with Crippen LogP contribution in [-0.4, -0.2) is 49.9 Å². The molecule has 0 unspecified atom stereocenters. The maximum atomic E-state index is 12.4. The van der Waals surface area contributed by atoms with E-state index in [-0.39, 0.29) is 23.5 Å². The molecule has 3 rings (SSSR count). The van der Waals surface area contributed by atoms with Crippen LogP contribution in [0.1, 0.15) is 32.6 Å². The molecule has 2 aliphatic heterocycles. The zero-order chi connectivity index (χ0) is 18.7. The van der Waals surface area contributed by atoms with Crippen LogP contribution >= 0.6 is 0 Å². The molecule has 0 spiro atoms. The summed E-state index contributed by atoms with van der Waals surface area (Å²) in [4.78, 5) is 26.0. The van der Waals surface area contributed by atoms with E-state index < -0.39 is 10.0 Å². The molecule has 2 saturated heterocycles. The summed E-state index contributed by atoms with van der Waals surface area (Å²) in [7, 11) is -3.18. The predicted molar refractivity (Wildman–Crippen MR) is 100 cm³/mol. The number of amides is 2. The molecule has 2 heterocycles. The SMILES string of the molecule is CCS(=O)(=O)N1CCC(C(=O)Nc2ccc(N3CCCC3=O)cc2)CC1. The molecular weight excluding hydrogens is 354 g/mol. The van der Waals surface area contributed by atoms with Gasteiger partial charge in [0.05, 0.1) is 5.75 Å². The molecule has 1 aromatic carbocycles. The highest BCUT2D eigenvalue weighted by atomic mass is 32.2. The molecule has 2 amide bonds. The minimum atomic E-state index is -3.18. The lowest BCUT2D eigenvalue weighted by Gasteiger charge is -2.30. The first kappa shape index (κ1) is 18.8. The van der Waals surface area contributed by atoms with Gasteiger partial charge in [0.1, 0.15) is 0 Å². The summed E-state index contributed by atoms with van der Waals surface area (Å²) in [6.07, 6.45) is 2.53. The number of carbonyl (C=O) groups excluding carboxylic acids is 2. The standard InChI is InChI=1S/C18H25N3O4S/c1-2-26(24,25)20-12-9-14(10-13-20)18(23)19-15-5-7-16(8-6-15)21-11-3-4-17(21)22/h5-8,14H,2-4,9-13H2,1H3,(H,19,23). The molecule has 142 valence electrons. The Balaban J connectivity index is 1.55. The summed E-state index contributed by atoms with van der Waals surface area (Å²) < 4.78 is 25.2. The zero-order valence-electron chi connectivity index (χ0n) is 15.0. The van der Waals surface area contributed by atoms with Gasteiger partial charge in [-0.1, -0.05) is 0 Å². The Kier molecular flexibility index (Phi) is 5.62. The molecule has 8 heteroatoms. The summed E-state index contributed by atoms with van der Waals surface area (Å²) in [6.45, 7) is 3.16. The third-order valence-corrected chi connectivity index (χ3v) is 6.98. The lowest BCUT2D eigenvalue weighted by Crippen LogP contribution is -2.42. The van der Waals surface area contributed by atoms with Crippen LogP contribution in [0.3, 0.4) is 0 Å². The van der Waals surface area contributed by atoms with Gasteiger partial charge in [0.25, 0.3) is 0 Å². The first-order chi connectivity index (χ1) is 12.4. The Morgan fingerprint density at radius 1 is 1.15 bits per heavy atom. The van der Waals surface area contributed by atoms with Crippen LogP contribution in [0.25, 0.3) is 0 Å². The maximum absolute atomic E-state index is 12.4. The van der Waals surface area contributed by atoms with Crippen LogP contribution in [0.4, 0.5) is 11.4 Å². The molecule has 0 aromatic heterocycles. The van der Waals surface area contributed by atoms with Crippen LogP contribution in [0.15, 0.2) is 24.3 Å². The van der Waals surface area contributed by atoms with Crippen molar-refractivity contribution in [3.8, 4) is 0 Å². The summed E-state index contributed by atoms with van der Waals surface area (Å²) in [5.74, 6) is -0.0345. The minimum absolute atomic E-state index is 0.0801. The first-order valence-electron chi connectivity index (χ1n) is 9.10. The molecule has 1 aromatic rings. The number of carbonyl (C=O) groups is 2. The number of sulfonamides is 1. The monoisotopic (exact) mass is 379 g/mol. The van der Waals surface area contributed by atoms with E-state index in [1.165, 1.54) is 4.31 Å². The van der Waals surface area contributed by atoms with Crippen LogP contribution in [0.2, 0.25) is 0 Å². The van der Waals surface area contributed by atoms with Gasteiger partial charge in [-0.25, -0.2) is 12.7 Å². The van der Waals surface area contributed by atoms with E-state index in [0.717, 1.165) is 18.7 Å². The van der Waals surface area contributed by atoms with Crippen molar-refractivity contribution >= 4 is 33.2 Å². The fraction of sp³-hybridized carbons (Fsp3) is 0.556. The normalized spacial score (nSPS) is 19.7. The lowest BCUT2D eigenvalue weighted by molar-refractivity contribution is -0.121. The number of rotatable bonds is 5. The van der Waals surface area contributed by atoms with Crippen LogP contribution in [0, 0.1) is 5.92 Å². The Bertz CT molecular complexity index is 768. The molecule has 2 fully saturated rings. The molecule has 0 saturated carbocycles. The number of nitrogens with one attached hydrogen (secondary N) is 1. The average molecular weight is 379 g/mol. The van der Waals surface area contributed by atoms with Gasteiger partial charge >= 0.3 is 0 Å². The highest BCUT2D eigenvalue weighted by Crippen LogP contribution is 2.25. The molecule has 0 radical (unpaired) electrons. The lowest BCUT2D eigenvalue weighted by atomic mass is 9.97. The minimum Gasteiger partial charge on any atom is -0.326 e. The summed E-state index contributed by atoms with van der Waals surface area (Å²) in [6, 6.07) is 7.29. The first-order valence-corrected chi connectivity index (χ1v) is 10.7. The smallest absolute Gasteiger partial charge is 0.227 e. The van der Waals surface area contributed by atoms with Crippen molar-refractivity contribution in [3.63, 3.8) is 0 Å². The van der Waals surface area contributed by atoms with E-state index in [2.05, 4.69) is 5.32 Å². The molecule has 7 nitrogen and oxygen atoms in total. The predicted octanol–water partition coefficient (Wildman–Crippen LogP) is 1.81. The van der Waals surface area contributed by atoms with Crippen LogP contribution < -0.4 is 10.2 Å². The quantitative estimate of drug-likeness (QED) is 0.845. The molecule has 2 aliphatic rings. The van der Waals surface area contributed by atoms with Gasteiger partial charge in [0.15, 0.2) is 0 Å². The second-order valence-electron chi connectivity index (χ2n) is 6.76. The number of hydrogen-bond donors (Lipinski definition) is 1. The number of piperidine rings is 1. The third-order valence-electron chi connectivity index (χ3n) is 5.10. The average Bonchev–Trinajstić information content (AvgIpc) is 3.08. The van der Waals surface area contributed by atoms with Gasteiger partial charge in [-0.05, 0) is 50.5 Å².